The minimum absolute atomic E-state index is 0.337. The number of aromatic nitrogens is 2. The second-order valence-electron chi connectivity index (χ2n) is 5.13. The molecule has 3 heterocycles. The summed E-state index contributed by atoms with van der Waals surface area (Å²) >= 11 is 2.09. The van der Waals surface area contributed by atoms with E-state index in [-0.39, 0.29) is 6.10 Å². The van der Waals surface area contributed by atoms with Crippen LogP contribution in [0.15, 0.2) is 6.20 Å². The van der Waals surface area contributed by atoms with Crippen molar-refractivity contribution in [1.82, 2.24) is 9.55 Å². The summed E-state index contributed by atoms with van der Waals surface area (Å²) in [4.78, 5) is 4.63. The summed E-state index contributed by atoms with van der Waals surface area (Å²) in [5.41, 5.74) is 1.18. The molecule has 1 N–H and O–H groups in total. The Balaban J connectivity index is 1.71. The predicted octanol–water partition coefficient (Wildman–Crippen LogP) is 2.54. The highest BCUT2D eigenvalue weighted by atomic mass is 32.2. The second kappa shape index (κ2) is 5.02. The highest BCUT2D eigenvalue weighted by Crippen LogP contribution is 2.29. The lowest BCUT2D eigenvalue weighted by atomic mass is 10.1. The molecule has 2 aliphatic heterocycles. The van der Waals surface area contributed by atoms with Gasteiger partial charge >= 0.3 is 0 Å². The normalized spacial score (nSPS) is 29.0. The molecule has 0 amide bonds. The van der Waals surface area contributed by atoms with Crippen molar-refractivity contribution in [2.75, 3.05) is 5.75 Å². The highest BCUT2D eigenvalue weighted by molar-refractivity contribution is 7.99. The average molecular weight is 252 g/mol. The Hall–Kier alpha value is -0.480. The van der Waals surface area contributed by atoms with Gasteiger partial charge in [0.15, 0.2) is 0 Å². The lowest BCUT2D eigenvalue weighted by Crippen LogP contribution is -2.14. The summed E-state index contributed by atoms with van der Waals surface area (Å²) in [6, 6.07) is 0. The topological polar surface area (TPSA) is 38.0 Å². The Morgan fingerprint density at radius 2 is 2.29 bits per heavy atom. The molecule has 0 aliphatic carbocycles. The fourth-order valence-corrected chi connectivity index (χ4v) is 4.14. The van der Waals surface area contributed by atoms with E-state index < -0.39 is 0 Å². The number of aliphatic hydroxyl groups excluding tert-OH is 1. The molecule has 2 unspecified atom stereocenters. The smallest absolute Gasteiger partial charge is 0.137 e. The van der Waals surface area contributed by atoms with Crippen molar-refractivity contribution in [3.05, 3.63) is 17.7 Å². The van der Waals surface area contributed by atoms with Gasteiger partial charge in [0.1, 0.15) is 11.9 Å². The van der Waals surface area contributed by atoms with E-state index in [2.05, 4.69) is 27.5 Å². The van der Waals surface area contributed by atoms with Gasteiger partial charge in [-0.3, -0.25) is 0 Å². The fourth-order valence-electron chi connectivity index (χ4n) is 2.82. The van der Waals surface area contributed by atoms with Crippen LogP contribution in [-0.2, 0) is 13.0 Å². The molecule has 0 aromatic carbocycles. The SMILES string of the molecule is OC1CCCn2cc(CC3CCCCS3)nc21. The largest absolute Gasteiger partial charge is 0.385 e. The number of thioether (sulfide) groups is 1. The van der Waals surface area contributed by atoms with Crippen molar-refractivity contribution in [3.8, 4) is 0 Å². The van der Waals surface area contributed by atoms with Gasteiger partial charge < -0.3 is 9.67 Å². The molecule has 0 spiro atoms. The molecule has 0 bridgehead atoms. The van der Waals surface area contributed by atoms with Crippen LogP contribution in [0.4, 0.5) is 0 Å². The van der Waals surface area contributed by atoms with Gasteiger partial charge in [-0.05, 0) is 31.4 Å². The summed E-state index contributed by atoms with van der Waals surface area (Å²) in [7, 11) is 0. The van der Waals surface area contributed by atoms with Crippen LogP contribution in [-0.4, -0.2) is 25.7 Å². The van der Waals surface area contributed by atoms with Crippen molar-refractivity contribution in [3.63, 3.8) is 0 Å². The molecule has 1 aromatic rings. The van der Waals surface area contributed by atoms with Gasteiger partial charge in [0.2, 0.25) is 0 Å². The van der Waals surface area contributed by atoms with Gasteiger partial charge in [0, 0.05) is 24.4 Å². The van der Waals surface area contributed by atoms with E-state index in [0.717, 1.165) is 36.9 Å². The number of fused-ring (bicyclic) bond motifs is 1. The van der Waals surface area contributed by atoms with E-state index in [0.29, 0.717) is 0 Å². The molecule has 17 heavy (non-hydrogen) atoms. The maximum atomic E-state index is 9.89. The van der Waals surface area contributed by atoms with Crippen molar-refractivity contribution < 1.29 is 5.11 Å². The van der Waals surface area contributed by atoms with Crippen molar-refractivity contribution in [2.45, 2.75) is 56.4 Å². The molecule has 2 atom stereocenters. The zero-order valence-corrected chi connectivity index (χ0v) is 11.0. The van der Waals surface area contributed by atoms with Crippen LogP contribution in [0.25, 0.3) is 0 Å². The highest BCUT2D eigenvalue weighted by Gasteiger charge is 2.22. The van der Waals surface area contributed by atoms with Crippen LogP contribution in [0.3, 0.4) is 0 Å². The summed E-state index contributed by atoms with van der Waals surface area (Å²) in [5, 5.41) is 10.6. The van der Waals surface area contributed by atoms with Gasteiger partial charge in [-0.2, -0.15) is 11.8 Å². The molecule has 2 aliphatic rings. The second-order valence-corrected chi connectivity index (χ2v) is 6.54. The summed E-state index contributed by atoms with van der Waals surface area (Å²) < 4.78 is 2.15. The molecule has 0 saturated carbocycles. The Labute approximate surface area is 107 Å². The molecule has 94 valence electrons. The van der Waals surface area contributed by atoms with Crippen molar-refractivity contribution >= 4 is 11.8 Å². The molecule has 1 aromatic heterocycles. The molecule has 3 nitrogen and oxygen atoms in total. The molecular formula is C13H20N2OS. The lowest BCUT2D eigenvalue weighted by Gasteiger charge is -2.19. The molecule has 4 heteroatoms. The van der Waals surface area contributed by atoms with Gasteiger partial charge in [0.25, 0.3) is 0 Å². The Morgan fingerprint density at radius 3 is 3.06 bits per heavy atom. The molecule has 3 rings (SSSR count). The Kier molecular flexibility index (Phi) is 3.43. The third-order valence-corrected chi connectivity index (χ3v) is 5.14. The lowest BCUT2D eigenvalue weighted by molar-refractivity contribution is 0.133. The first-order valence-corrected chi connectivity index (χ1v) is 7.73. The third kappa shape index (κ3) is 2.52. The minimum Gasteiger partial charge on any atom is -0.385 e. The number of aryl methyl sites for hydroxylation is 1. The molecule has 1 fully saturated rings. The molecule has 1 saturated heterocycles. The van der Waals surface area contributed by atoms with Gasteiger partial charge in [-0.25, -0.2) is 4.98 Å². The van der Waals surface area contributed by atoms with Gasteiger partial charge in [-0.1, -0.05) is 6.42 Å². The first kappa shape index (κ1) is 11.6. The summed E-state index contributed by atoms with van der Waals surface area (Å²) in [6.07, 6.45) is 8.92. The molecule has 0 radical (unpaired) electrons. The Morgan fingerprint density at radius 1 is 1.35 bits per heavy atom. The number of hydrogen-bond donors (Lipinski definition) is 1. The number of imidazole rings is 1. The van der Waals surface area contributed by atoms with Crippen LogP contribution in [0.5, 0.6) is 0 Å². The zero-order chi connectivity index (χ0) is 11.7. The zero-order valence-electron chi connectivity index (χ0n) is 10.1. The average Bonchev–Trinajstić information content (AvgIpc) is 2.74. The van der Waals surface area contributed by atoms with E-state index in [1.165, 1.54) is 30.7 Å². The maximum Gasteiger partial charge on any atom is 0.137 e. The quantitative estimate of drug-likeness (QED) is 0.879. The van der Waals surface area contributed by atoms with E-state index in [4.69, 9.17) is 0 Å². The van der Waals surface area contributed by atoms with Crippen molar-refractivity contribution in [2.24, 2.45) is 0 Å². The van der Waals surface area contributed by atoms with Crippen LogP contribution in [0.2, 0.25) is 0 Å². The van der Waals surface area contributed by atoms with Crippen LogP contribution < -0.4 is 0 Å². The van der Waals surface area contributed by atoms with Crippen LogP contribution in [0.1, 0.15) is 49.7 Å². The number of hydrogen-bond acceptors (Lipinski definition) is 3. The van der Waals surface area contributed by atoms with Crippen LogP contribution >= 0.6 is 11.8 Å². The van der Waals surface area contributed by atoms with Crippen molar-refractivity contribution in [1.29, 1.82) is 0 Å². The monoisotopic (exact) mass is 252 g/mol. The first-order valence-electron chi connectivity index (χ1n) is 6.68. The summed E-state index contributed by atoms with van der Waals surface area (Å²) in [5.74, 6) is 2.20. The van der Waals surface area contributed by atoms with E-state index in [9.17, 15) is 5.11 Å². The number of rotatable bonds is 2. The first-order chi connectivity index (χ1) is 8.33. The van der Waals surface area contributed by atoms with Crippen LogP contribution in [0, 0.1) is 0 Å². The van der Waals surface area contributed by atoms with E-state index in [1.54, 1.807) is 0 Å². The van der Waals surface area contributed by atoms with E-state index in [1.807, 2.05) is 0 Å². The standard InChI is InChI=1S/C13H20N2OS/c16-12-5-3-6-15-9-10(14-13(12)15)8-11-4-1-2-7-17-11/h9,11-12,16H,1-8H2. The predicted molar refractivity (Wildman–Crippen MR) is 70.2 cm³/mol. The van der Waals surface area contributed by atoms with E-state index >= 15 is 0 Å². The number of nitrogens with zero attached hydrogens (tertiary/aromatic N) is 2. The minimum atomic E-state index is -0.337. The fraction of sp³-hybridized carbons (Fsp3) is 0.769. The Bertz CT molecular complexity index is 385. The summed E-state index contributed by atoms with van der Waals surface area (Å²) in [6.45, 7) is 1.03. The number of aliphatic hydroxyl groups is 1. The maximum absolute atomic E-state index is 9.89. The molecular weight excluding hydrogens is 232 g/mol. The van der Waals surface area contributed by atoms with Gasteiger partial charge in [-0.15, -0.1) is 0 Å². The van der Waals surface area contributed by atoms with Gasteiger partial charge in [0.05, 0.1) is 5.69 Å². The third-order valence-electron chi connectivity index (χ3n) is 3.74.